The fourth-order valence-electron chi connectivity index (χ4n) is 3.19. The summed E-state index contributed by atoms with van der Waals surface area (Å²) in [5.74, 6) is 0.650. The van der Waals surface area contributed by atoms with Crippen molar-refractivity contribution in [3.05, 3.63) is 30.2 Å². The van der Waals surface area contributed by atoms with E-state index in [2.05, 4.69) is 18.8 Å². The maximum absolute atomic E-state index is 12.6. The fourth-order valence-corrected chi connectivity index (χ4v) is 3.19. The molecular weight excluding hydrogens is 318 g/mol. The summed E-state index contributed by atoms with van der Waals surface area (Å²) in [7, 11) is 0. The van der Waals surface area contributed by atoms with Crippen LogP contribution < -0.4 is 0 Å². The molecule has 134 valence electrons. The van der Waals surface area contributed by atoms with Crippen molar-refractivity contribution in [2.75, 3.05) is 26.2 Å². The standard InChI is InChI=1S/C19H25N3O3/c1-14(2)10-18(23)21-6-3-7-22(9-8-21)19(24)12-15-4-5-16-17(11-15)25-13-20-16/h4-5,11,13-14H,3,6-10,12H2,1-2H3. The number of nitrogens with zero attached hydrogens (tertiary/aromatic N) is 3. The first-order valence-corrected chi connectivity index (χ1v) is 8.90. The number of oxazole rings is 1. The monoisotopic (exact) mass is 343 g/mol. The Morgan fingerprint density at radius 2 is 1.84 bits per heavy atom. The molecule has 1 saturated heterocycles. The lowest BCUT2D eigenvalue weighted by molar-refractivity contribution is -0.133. The molecule has 2 amide bonds. The molecule has 2 heterocycles. The minimum atomic E-state index is 0.0945. The van der Waals surface area contributed by atoms with Gasteiger partial charge < -0.3 is 14.2 Å². The van der Waals surface area contributed by atoms with Crippen molar-refractivity contribution in [1.29, 1.82) is 0 Å². The number of hydrogen-bond acceptors (Lipinski definition) is 4. The van der Waals surface area contributed by atoms with Crippen LogP contribution in [0.1, 0.15) is 32.3 Å². The molecule has 0 N–H and O–H groups in total. The van der Waals surface area contributed by atoms with Crippen LogP contribution in [0.2, 0.25) is 0 Å². The molecule has 0 unspecified atom stereocenters. The van der Waals surface area contributed by atoms with E-state index in [0.29, 0.717) is 44.0 Å². The average Bonchev–Trinajstić information content (AvgIpc) is 2.88. The second-order valence-electron chi connectivity index (χ2n) is 7.04. The van der Waals surface area contributed by atoms with Gasteiger partial charge in [0.25, 0.3) is 0 Å². The van der Waals surface area contributed by atoms with Crippen molar-refractivity contribution in [3.8, 4) is 0 Å². The molecule has 0 saturated carbocycles. The zero-order valence-electron chi connectivity index (χ0n) is 14.9. The van der Waals surface area contributed by atoms with E-state index in [0.717, 1.165) is 24.0 Å². The molecular formula is C19H25N3O3. The summed E-state index contributed by atoms with van der Waals surface area (Å²) in [6.45, 7) is 6.77. The van der Waals surface area contributed by atoms with Crippen molar-refractivity contribution in [2.24, 2.45) is 5.92 Å². The third-order valence-electron chi connectivity index (χ3n) is 4.54. The third kappa shape index (κ3) is 4.38. The molecule has 1 aliphatic heterocycles. The molecule has 1 aromatic carbocycles. The number of carbonyl (C=O) groups is 2. The summed E-state index contributed by atoms with van der Waals surface area (Å²) in [6, 6.07) is 5.66. The lowest BCUT2D eigenvalue weighted by atomic mass is 10.1. The topological polar surface area (TPSA) is 66.7 Å². The van der Waals surface area contributed by atoms with Crippen LogP contribution in [0.5, 0.6) is 0 Å². The predicted molar refractivity (Wildman–Crippen MR) is 94.9 cm³/mol. The molecule has 2 aromatic rings. The number of rotatable bonds is 4. The SMILES string of the molecule is CC(C)CC(=O)N1CCCN(C(=O)Cc2ccc3ncoc3c2)CC1. The number of carbonyl (C=O) groups excluding carboxylic acids is 2. The van der Waals surface area contributed by atoms with Crippen molar-refractivity contribution < 1.29 is 14.0 Å². The van der Waals surface area contributed by atoms with Gasteiger partial charge in [0.15, 0.2) is 12.0 Å². The minimum Gasteiger partial charge on any atom is -0.443 e. The lowest BCUT2D eigenvalue weighted by Crippen LogP contribution is -2.38. The van der Waals surface area contributed by atoms with Gasteiger partial charge in [0.05, 0.1) is 6.42 Å². The molecule has 1 fully saturated rings. The van der Waals surface area contributed by atoms with E-state index in [1.165, 1.54) is 6.39 Å². The van der Waals surface area contributed by atoms with Crippen molar-refractivity contribution >= 4 is 22.9 Å². The quantitative estimate of drug-likeness (QED) is 0.855. The summed E-state index contributed by atoms with van der Waals surface area (Å²) < 4.78 is 5.30. The van der Waals surface area contributed by atoms with Crippen LogP contribution in [0, 0.1) is 5.92 Å². The zero-order chi connectivity index (χ0) is 17.8. The summed E-state index contributed by atoms with van der Waals surface area (Å²) in [5, 5.41) is 0. The molecule has 0 atom stereocenters. The average molecular weight is 343 g/mol. The van der Waals surface area contributed by atoms with Crippen LogP contribution >= 0.6 is 0 Å². The largest absolute Gasteiger partial charge is 0.443 e. The minimum absolute atomic E-state index is 0.0945. The Morgan fingerprint density at radius 1 is 1.12 bits per heavy atom. The summed E-state index contributed by atoms with van der Waals surface area (Å²) in [5.41, 5.74) is 2.42. The second-order valence-corrected chi connectivity index (χ2v) is 7.04. The van der Waals surface area contributed by atoms with Crippen LogP contribution in [0.15, 0.2) is 29.0 Å². The molecule has 3 rings (SSSR count). The van der Waals surface area contributed by atoms with E-state index in [1.54, 1.807) is 0 Å². The zero-order valence-corrected chi connectivity index (χ0v) is 14.9. The summed E-state index contributed by atoms with van der Waals surface area (Å²) in [6.07, 6.45) is 3.16. The molecule has 1 aliphatic rings. The lowest BCUT2D eigenvalue weighted by Gasteiger charge is -2.23. The first-order chi connectivity index (χ1) is 12.0. The first-order valence-electron chi connectivity index (χ1n) is 8.90. The van der Waals surface area contributed by atoms with E-state index >= 15 is 0 Å². The van der Waals surface area contributed by atoms with Gasteiger partial charge >= 0.3 is 0 Å². The van der Waals surface area contributed by atoms with Crippen LogP contribution in [-0.4, -0.2) is 52.8 Å². The Hall–Kier alpha value is -2.37. The number of fused-ring (bicyclic) bond motifs is 1. The molecule has 1 aromatic heterocycles. The van der Waals surface area contributed by atoms with Gasteiger partial charge in [0.1, 0.15) is 5.52 Å². The van der Waals surface area contributed by atoms with Crippen molar-refractivity contribution in [2.45, 2.75) is 33.1 Å². The van der Waals surface area contributed by atoms with Gasteiger partial charge in [-0.15, -0.1) is 0 Å². The first kappa shape index (κ1) is 17.5. The summed E-state index contributed by atoms with van der Waals surface area (Å²) in [4.78, 5) is 32.7. The molecule has 6 heteroatoms. The van der Waals surface area contributed by atoms with E-state index < -0.39 is 0 Å². The maximum atomic E-state index is 12.6. The van der Waals surface area contributed by atoms with Gasteiger partial charge in [-0.1, -0.05) is 19.9 Å². The van der Waals surface area contributed by atoms with Gasteiger partial charge in [-0.25, -0.2) is 4.98 Å². The Kier molecular flexibility index (Phi) is 5.36. The maximum Gasteiger partial charge on any atom is 0.227 e. The number of amides is 2. The summed E-state index contributed by atoms with van der Waals surface area (Å²) >= 11 is 0. The molecule has 0 spiro atoms. The molecule has 0 bridgehead atoms. The molecule has 6 nitrogen and oxygen atoms in total. The normalized spacial score (nSPS) is 15.6. The van der Waals surface area contributed by atoms with Gasteiger partial charge in [-0.2, -0.15) is 0 Å². The molecule has 0 aliphatic carbocycles. The van der Waals surface area contributed by atoms with Crippen LogP contribution in [0.3, 0.4) is 0 Å². The van der Waals surface area contributed by atoms with Gasteiger partial charge in [-0.05, 0) is 30.0 Å². The van der Waals surface area contributed by atoms with E-state index in [-0.39, 0.29) is 11.8 Å². The predicted octanol–water partition coefficient (Wildman–Crippen LogP) is 2.48. The van der Waals surface area contributed by atoms with Crippen molar-refractivity contribution in [3.63, 3.8) is 0 Å². The Labute approximate surface area is 147 Å². The van der Waals surface area contributed by atoms with E-state index in [1.807, 2.05) is 28.0 Å². The highest BCUT2D eigenvalue weighted by atomic mass is 16.3. The van der Waals surface area contributed by atoms with Crippen molar-refractivity contribution in [1.82, 2.24) is 14.8 Å². The van der Waals surface area contributed by atoms with Gasteiger partial charge in [-0.3, -0.25) is 9.59 Å². The Balaban J connectivity index is 1.58. The molecule has 25 heavy (non-hydrogen) atoms. The van der Waals surface area contributed by atoms with Crippen LogP contribution in [0.25, 0.3) is 11.1 Å². The Bertz CT molecular complexity index is 753. The Morgan fingerprint density at radius 3 is 2.56 bits per heavy atom. The number of hydrogen-bond donors (Lipinski definition) is 0. The smallest absolute Gasteiger partial charge is 0.227 e. The van der Waals surface area contributed by atoms with Gasteiger partial charge in [0.2, 0.25) is 11.8 Å². The van der Waals surface area contributed by atoms with Crippen LogP contribution in [0.4, 0.5) is 0 Å². The third-order valence-corrected chi connectivity index (χ3v) is 4.54. The van der Waals surface area contributed by atoms with E-state index in [9.17, 15) is 9.59 Å². The highest BCUT2D eigenvalue weighted by Gasteiger charge is 2.22. The highest BCUT2D eigenvalue weighted by Crippen LogP contribution is 2.16. The van der Waals surface area contributed by atoms with E-state index in [4.69, 9.17) is 4.42 Å². The number of benzene rings is 1. The number of aromatic nitrogens is 1. The fraction of sp³-hybridized carbons (Fsp3) is 0.526. The second kappa shape index (κ2) is 7.68. The van der Waals surface area contributed by atoms with Crippen LogP contribution in [-0.2, 0) is 16.0 Å². The molecule has 0 radical (unpaired) electrons. The van der Waals surface area contributed by atoms with Gasteiger partial charge in [0, 0.05) is 32.6 Å². The highest BCUT2D eigenvalue weighted by molar-refractivity contribution is 5.81.